The largest absolute Gasteiger partial charge is 0.486 e. The third kappa shape index (κ3) is 2.41. The summed E-state index contributed by atoms with van der Waals surface area (Å²) in [5.74, 6) is 1.43. The zero-order valence-electron chi connectivity index (χ0n) is 8.75. The van der Waals surface area contributed by atoms with Crippen molar-refractivity contribution in [3.8, 4) is 11.5 Å². The summed E-state index contributed by atoms with van der Waals surface area (Å²) in [6.45, 7) is 5.50. The maximum absolute atomic E-state index is 5.89. The van der Waals surface area contributed by atoms with Crippen LogP contribution in [0.2, 0.25) is 0 Å². The number of halogens is 1. The van der Waals surface area contributed by atoms with Crippen molar-refractivity contribution >= 4 is 27.3 Å². The molecule has 1 aromatic carbocycles. The lowest BCUT2D eigenvalue weighted by Gasteiger charge is -2.20. The highest BCUT2D eigenvalue weighted by atomic mass is 79.9. The first kappa shape index (κ1) is 11.1. The Balaban J connectivity index is 2.21. The standard InChI is InChI=1S/C11H13BrN2O2/c1-7(12)6-14-9-5-11-10(4-8(9)13)15-2-3-16-11/h4-5,14H,1-3,6,13H2. The first-order valence-corrected chi connectivity index (χ1v) is 5.72. The van der Waals surface area contributed by atoms with Gasteiger partial charge in [-0.1, -0.05) is 22.5 Å². The molecule has 0 saturated carbocycles. The van der Waals surface area contributed by atoms with Crippen molar-refractivity contribution in [1.82, 2.24) is 0 Å². The average Bonchev–Trinajstić information content (AvgIpc) is 2.26. The molecular weight excluding hydrogens is 272 g/mol. The zero-order chi connectivity index (χ0) is 11.5. The SMILES string of the molecule is C=C(Br)CNc1cc2c(cc1N)OCCO2. The average molecular weight is 285 g/mol. The van der Waals surface area contributed by atoms with Crippen LogP contribution in [0.5, 0.6) is 11.5 Å². The van der Waals surface area contributed by atoms with Crippen LogP contribution >= 0.6 is 15.9 Å². The molecule has 0 radical (unpaired) electrons. The molecule has 16 heavy (non-hydrogen) atoms. The first-order chi connectivity index (χ1) is 7.66. The second-order valence-corrected chi connectivity index (χ2v) is 4.58. The number of fused-ring (bicyclic) bond motifs is 1. The fourth-order valence-electron chi connectivity index (χ4n) is 1.45. The molecule has 5 heteroatoms. The van der Waals surface area contributed by atoms with Crippen molar-refractivity contribution in [3.05, 3.63) is 23.2 Å². The van der Waals surface area contributed by atoms with Gasteiger partial charge in [-0.05, 0) is 0 Å². The summed E-state index contributed by atoms with van der Waals surface area (Å²) in [5.41, 5.74) is 7.35. The van der Waals surface area contributed by atoms with Crippen LogP contribution < -0.4 is 20.5 Å². The number of benzene rings is 1. The van der Waals surface area contributed by atoms with Gasteiger partial charge in [0.25, 0.3) is 0 Å². The molecule has 4 nitrogen and oxygen atoms in total. The minimum atomic E-state index is 0.567. The molecule has 0 unspecified atom stereocenters. The van der Waals surface area contributed by atoms with Crippen LogP contribution in [-0.4, -0.2) is 19.8 Å². The first-order valence-electron chi connectivity index (χ1n) is 4.93. The third-order valence-electron chi connectivity index (χ3n) is 2.18. The Labute approximate surface area is 103 Å². The van der Waals surface area contributed by atoms with Crippen molar-refractivity contribution in [1.29, 1.82) is 0 Å². The smallest absolute Gasteiger partial charge is 0.163 e. The van der Waals surface area contributed by atoms with Gasteiger partial charge in [-0.2, -0.15) is 0 Å². The molecule has 0 aromatic heterocycles. The third-order valence-corrected chi connectivity index (χ3v) is 2.47. The lowest BCUT2D eigenvalue weighted by molar-refractivity contribution is 0.172. The number of nitrogens with two attached hydrogens (primary N) is 1. The molecule has 0 bridgehead atoms. The Bertz CT molecular complexity index is 421. The zero-order valence-corrected chi connectivity index (χ0v) is 10.3. The van der Waals surface area contributed by atoms with E-state index in [1.807, 2.05) is 6.07 Å². The quantitative estimate of drug-likeness (QED) is 0.837. The maximum atomic E-state index is 5.89. The van der Waals surface area contributed by atoms with Crippen molar-refractivity contribution < 1.29 is 9.47 Å². The van der Waals surface area contributed by atoms with Crippen molar-refractivity contribution in [2.24, 2.45) is 0 Å². The molecule has 1 aliphatic rings. The van der Waals surface area contributed by atoms with E-state index in [0.29, 0.717) is 31.2 Å². The second kappa shape index (κ2) is 4.65. The van der Waals surface area contributed by atoms with Crippen LogP contribution in [0, 0.1) is 0 Å². The van der Waals surface area contributed by atoms with E-state index in [2.05, 4.69) is 27.8 Å². The van der Waals surface area contributed by atoms with E-state index in [1.54, 1.807) is 6.07 Å². The number of nitrogen functional groups attached to an aromatic ring is 1. The van der Waals surface area contributed by atoms with Gasteiger partial charge >= 0.3 is 0 Å². The van der Waals surface area contributed by atoms with E-state index < -0.39 is 0 Å². The molecular formula is C11H13BrN2O2. The summed E-state index contributed by atoms with van der Waals surface area (Å²) in [6, 6.07) is 3.62. The molecule has 3 N–H and O–H groups in total. The highest BCUT2D eigenvalue weighted by molar-refractivity contribution is 9.11. The topological polar surface area (TPSA) is 56.5 Å². The van der Waals surface area contributed by atoms with Gasteiger partial charge in [0.1, 0.15) is 13.2 Å². The summed E-state index contributed by atoms with van der Waals surface area (Å²) in [4.78, 5) is 0. The van der Waals surface area contributed by atoms with E-state index in [4.69, 9.17) is 15.2 Å². The van der Waals surface area contributed by atoms with Gasteiger partial charge in [-0.25, -0.2) is 0 Å². The molecule has 0 saturated heterocycles. The normalized spacial score (nSPS) is 13.3. The maximum Gasteiger partial charge on any atom is 0.163 e. The van der Waals surface area contributed by atoms with E-state index >= 15 is 0 Å². The Hall–Kier alpha value is -1.36. The van der Waals surface area contributed by atoms with Gasteiger partial charge in [-0.3, -0.25) is 0 Å². The van der Waals surface area contributed by atoms with Gasteiger partial charge in [-0.15, -0.1) is 0 Å². The number of nitrogens with one attached hydrogen (secondary N) is 1. The summed E-state index contributed by atoms with van der Waals surface area (Å²) < 4.78 is 11.8. The molecule has 0 aliphatic carbocycles. The molecule has 86 valence electrons. The fraction of sp³-hybridized carbons (Fsp3) is 0.273. The predicted molar refractivity (Wildman–Crippen MR) is 68.4 cm³/mol. The van der Waals surface area contributed by atoms with Crippen LogP contribution in [-0.2, 0) is 0 Å². The molecule has 1 aromatic rings. The number of rotatable bonds is 3. The van der Waals surface area contributed by atoms with Crippen LogP contribution in [0.4, 0.5) is 11.4 Å². The van der Waals surface area contributed by atoms with Crippen LogP contribution in [0.3, 0.4) is 0 Å². The van der Waals surface area contributed by atoms with Crippen LogP contribution in [0.25, 0.3) is 0 Å². The van der Waals surface area contributed by atoms with Crippen LogP contribution in [0.1, 0.15) is 0 Å². The number of hydrogen-bond acceptors (Lipinski definition) is 4. The van der Waals surface area contributed by atoms with Gasteiger partial charge in [0.05, 0.1) is 11.4 Å². The van der Waals surface area contributed by atoms with Gasteiger partial charge in [0.15, 0.2) is 11.5 Å². The summed E-state index contributed by atoms with van der Waals surface area (Å²) >= 11 is 3.28. The second-order valence-electron chi connectivity index (χ2n) is 3.45. The number of hydrogen-bond donors (Lipinski definition) is 2. The van der Waals surface area contributed by atoms with E-state index in [9.17, 15) is 0 Å². The number of ether oxygens (including phenoxy) is 2. The molecule has 0 spiro atoms. The Morgan fingerprint density at radius 3 is 2.62 bits per heavy atom. The minimum Gasteiger partial charge on any atom is -0.486 e. The molecule has 0 amide bonds. The van der Waals surface area contributed by atoms with Gasteiger partial charge in [0, 0.05) is 23.2 Å². The molecule has 2 rings (SSSR count). The van der Waals surface area contributed by atoms with Gasteiger partial charge in [0.2, 0.25) is 0 Å². The lowest BCUT2D eigenvalue weighted by Crippen LogP contribution is -2.16. The Morgan fingerprint density at radius 1 is 1.38 bits per heavy atom. The fourth-order valence-corrected chi connectivity index (χ4v) is 1.59. The highest BCUT2D eigenvalue weighted by Gasteiger charge is 2.14. The van der Waals surface area contributed by atoms with E-state index in [1.165, 1.54) is 0 Å². The van der Waals surface area contributed by atoms with Crippen molar-refractivity contribution in [3.63, 3.8) is 0 Å². The Kier molecular flexibility index (Phi) is 3.24. The predicted octanol–water partition coefficient (Wildman–Crippen LogP) is 2.36. The van der Waals surface area contributed by atoms with Gasteiger partial charge < -0.3 is 20.5 Å². The summed E-state index contributed by atoms with van der Waals surface area (Å²) in [7, 11) is 0. The monoisotopic (exact) mass is 284 g/mol. The summed E-state index contributed by atoms with van der Waals surface area (Å²) in [5, 5.41) is 3.16. The molecule has 0 atom stereocenters. The van der Waals surface area contributed by atoms with E-state index in [0.717, 1.165) is 15.9 Å². The molecule has 0 fully saturated rings. The molecule has 1 heterocycles. The van der Waals surface area contributed by atoms with Crippen LogP contribution in [0.15, 0.2) is 23.2 Å². The van der Waals surface area contributed by atoms with Crippen molar-refractivity contribution in [2.45, 2.75) is 0 Å². The minimum absolute atomic E-state index is 0.567. The van der Waals surface area contributed by atoms with E-state index in [-0.39, 0.29) is 0 Å². The molecule has 1 aliphatic heterocycles. The van der Waals surface area contributed by atoms with Crippen molar-refractivity contribution in [2.75, 3.05) is 30.8 Å². The lowest BCUT2D eigenvalue weighted by atomic mass is 10.2. The summed E-state index contributed by atoms with van der Waals surface area (Å²) in [6.07, 6.45) is 0. The highest BCUT2D eigenvalue weighted by Crippen LogP contribution is 2.36. The number of anilines is 2. The Morgan fingerprint density at radius 2 is 2.00 bits per heavy atom.